The van der Waals surface area contributed by atoms with Crippen LogP contribution in [0.15, 0.2) is 24.3 Å². The van der Waals surface area contributed by atoms with Gasteiger partial charge in [0.1, 0.15) is 0 Å². The molecule has 0 N–H and O–H groups in total. The fourth-order valence-corrected chi connectivity index (χ4v) is 2.75. The Labute approximate surface area is 86.8 Å². The maximum absolute atomic E-state index is 11.4. The van der Waals surface area contributed by atoms with Crippen molar-refractivity contribution in [3.05, 3.63) is 35.4 Å². The van der Waals surface area contributed by atoms with E-state index in [4.69, 9.17) is 16.3 Å². The van der Waals surface area contributed by atoms with Crippen LogP contribution in [0, 0.1) is 0 Å². The quantitative estimate of drug-likeness (QED) is 0.663. The van der Waals surface area contributed by atoms with Gasteiger partial charge in [0.15, 0.2) is 5.60 Å². The van der Waals surface area contributed by atoms with Crippen LogP contribution in [0.3, 0.4) is 0 Å². The van der Waals surface area contributed by atoms with Crippen molar-refractivity contribution in [2.75, 3.05) is 0 Å². The fourth-order valence-electron chi connectivity index (χ4n) is 2.51. The lowest BCUT2D eigenvalue weighted by molar-refractivity contribution is -0.132. The predicted octanol–water partition coefficient (Wildman–Crippen LogP) is 2.51. The van der Waals surface area contributed by atoms with Crippen molar-refractivity contribution >= 4 is 16.8 Å². The molecule has 72 valence electrons. The van der Waals surface area contributed by atoms with Crippen LogP contribution in [0.5, 0.6) is 0 Å². The van der Waals surface area contributed by atoms with Crippen LogP contribution >= 0.6 is 11.6 Å². The van der Waals surface area contributed by atoms with Gasteiger partial charge in [0.25, 0.3) is 5.24 Å². The van der Waals surface area contributed by atoms with Gasteiger partial charge in [-0.25, -0.2) is 0 Å². The molecule has 3 rings (SSSR count). The summed E-state index contributed by atoms with van der Waals surface area (Å²) in [5.74, 6) is 0. The van der Waals surface area contributed by atoms with Gasteiger partial charge in [-0.15, -0.1) is 0 Å². The monoisotopic (exact) mass is 208 g/mol. The molecule has 2 heterocycles. The summed E-state index contributed by atoms with van der Waals surface area (Å²) >= 11 is 5.63. The SMILES string of the molecule is O=C(Cl)[C@@]12CCC(O1)c1ccccc12. The Bertz CT molecular complexity index is 416. The molecule has 0 aromatic heterocycles. The largest absolute Gasteiger partial charge is 0.353 e. The summed E-state index contributed by atoms with van der Waals surface area (Å²) in [5.41, 5.74) is 1.27. The summed E-state index contributed by atoms with van der Waals surface area (Å²) in [7, 11) is 0. The van der Waals surface area contributed by atoms with Crippen molar-refractivity contribution in [2.24, 2.45) is 0 Å². The van der Waals surface area contributed by atoms with Crippen LogP contribution in [0.1, 0.15) is 30.1 Å². The number of hydrogen-bond acceptors (Lipinski definition) is 2. The number of ether oxygens (including phenoxy) is 1. The van der Waals surface area contributed by atoms with Gasteiger partial charge in [-0.1, -0.05) is 24.3 Å². The van der Waals surface area contributed by atoms with E-state index in [0.717, 1.165) is 24.0 Å². The number of benzene rings is 1. The lowest BCUT2D eigenvalue weighted by atomic mass is 9.83. The highest BCUT2D eigenvalue weighted by molar-refractivity contribution is 6.65. The molecular weight excluding hydrogens is 200 g/mol. The molecule has 0 radical (unpaired) electrons. The van der Waals surface area contributed by atoms with Gasteiger partial charge >= 0.3 is 0 Å². The van der Waals surface area contributed by atoms with Gasteiger partial charge in [-0.3, -0.25) is 4.79 Å². The Morgan fingerprint density at radius 1 is 1.50 bits per heavy atom. The molecule has 2 nitrogen and oxygen atoms in total. The standard InChI is InChI=1S/C11H9ClO2/c12-10(13)11-6-5-9(14-11)7-3-1-2-4-8(7)11/h1-4,9H,5-6H2/t9?,11-/m0/s1. The lowest BCUT2D eigenvalue weighted by Gasteiger charge is -2.21. The van der Waals surface area contributed by atoms with Crippen molar-refractivity contribution in [1.82, 2.24) is 0 Å². The summed E-state index contributed by atoms with van der Waals surface area (Å²) in [6.45, 7) is 0. The molecule has 2 aliphatic rings. The molecule has 2 bridgehead atoms. The Balaban J connectivity index is 2.24. The van der Waals surface area contributed by atoms with E-state index in [2.05, 4.69) is 0 Å². The molecular formula is C11H9ClO2. The molecule has 0 spiro atoms. The number of fused-ring (bicyclic) bond motifs is 5. The fraction of sp³-hybridized carbons (Fsp3) is 0.364. The molecule has 14 heavy (non-hydrogen) atoms. The van der Waals surface area contributed by atoms with Gasteiger partial charge in [-0.2, -0.15) is 0 Å². The average molecular weight is 209 g/mol. The molecule has 1 saturated heterocycles. The van der Waals surface area contributed by atoms with E-state index >= 15 is 0 Å². The van der Waals surface area contributed by atoms with Crippen LogP contribution in [-0.2, 0) is 15.1 Å². The zero-order valence-electron chi connectivity index (χ0n) is 7.50. The van der Waals surface area contributed by atoms with E-state index in [1.165, 1.54) is 0 Å². The molecule has 3 heteroatoms. The van der Waals surface area contributed by atoms with Crippen LogP contribution in [-0.4, -0.2) is 5.24 Å². The van der Waals surface area contributed by atoms with Gasteiger partial charge in [0.2, 0.25) is 0 Å². The Hall–Kier alpha value is -0.860. The first-order valence-corrected chi connectivity index (χ1v) is 5.09. The second kappa shape index (κ2) is 2.59. The van der Waals surface area contributed by atoms with E-state index in [-0.39, 0.29) is 11.3 Å². The summed E-state index contributed by atoms with van der Waals surface area (Å²) < 4.78 is 5.71. The highest BCUT2D eigenvalue weighted by Gasteiger charge is 2.54. The normalized spacial score (nSPS) is 33.1. The van der Waals surface area contributed by atoms with E-state index in [1.807, 2.05) is 24.3 Å². The zero-order chi connectivity index (χ0) is 9.76. The molecule has 1 aromatic rings. The topological polar surface area (TPSA) is 26.3 Å². The minimum atomic E-state index is -0.831. The molecule has 1 unspecified atom stereocenters. The Morgan fingerprint density at radius 2 is 2.29 bits per heavy atom. The number of carbonyl (C=O) groups excluding carboxylic acids is 1. The molecule has 2 atom stereocenters. The van der Waals surface area contributed by atoms with Gasteiger partial charge in [0.05, 0.1) is 6.10 Å². The van der Waals surface area contributed by atoms with E-state index < -0.39 is 5.60 Å². The van der Waals surface area contributed by atoms with Crippen LogP contribution in [0.25, 0.3) is 0 Å². The Kier molecular flexibility index (Phi) is 1.56. The minimum Gasteiger partial charge on any atom is -0.353 e. The van der Waals surface area contributed by atoms with Crippen LogP contribution in [0.2, 0.25) is 0 Å². The number of carbonyl (C=O) groups is 1. The van der Waals surface area contributed by atoms with Crippen molar-refractivity contribution in [2.45, 2.75) is 24.5 Å². The third-order valence-electron chi connectivity index (χ3n) is 3.16. The van der Waals surface area contributed by atoms with Crippen LogP contribution in [0.4, 0.5) is 0 Å². The predicted molar refractivity (Wildman–Crippen MR) is 52.0 cm³/mol. The second-order valence-corrected chi connectivity index (χ2v) is 4.18. The number of hydrogen-bond donors (Lipinski definition) is 0. The van der Waals surface area contributed by atoms with Crippen molar-refractivity contribution in [1.29, 1.82) is 0 Å². The average Bonchev–Trinajstić information content (AvgIpc) is 2.75. The zero-order valence-corrected chi connectivity index (χ0v) is 8.25. The molecule has 0 saturated carbocycles. The molecule has 2 aliphatic heterocycles. The third kappa shape index (κ3) is 0.830. The maximum atomic E-state index is 11.4. The third-order valence-corrected chi connectivity index (χ3v) is 3.47. The number of rotatable bonds is 1. The van der Waals surface area contributed by atoms with Crippen molar-refractivity contribution in [3.8, 4) is 0 Å². The van der Waals surface area contributed by atoms with E-state index in [9.17, 15) is 4.79 Å². The summed E-state index contributed by atoms with van der Waals surface area (Å²) in [6.07, 6.45) is 1.70. The van der Waals surface area contributed by atoms with Gasteiger partial charge in [-0.05, 0) is 35.6 Å². The first kappa shape index (κ1) is 8.45. The molecule has 0 aliphatic carbocycles. The maximum Gasteiger partial charge on any atom is 0.258 e. The molecule has 1 aromatic carbocycles. The first-order valence-electron chi connectivity index (χ1n) is 4.71. The second-order valence-electron chi connectivity index (χ2n) is 3.83. The van der Waals surface area contributed by atoms with Crippen molar-refractivity contribution < 1.29 is 9.53 Å². The summed E-state index contributed by atoms with van der Waals surface area (Å²) in [5, 5.41) is -0.384. The van der Waals surface area contributed by atoms with Crippen LogP contribution < -0.4 is 0 Å². The van der Waals surface area contributed by atoms with E-state index in [0.29, 0.717) is 0 Å². The van der Waals surface area contributed by atoms with E-state index in [1.54, 1.807) is 0 Å². The number of halogens is 1. The summed E-state index contributed by atoms with van der Waals surface area (Å²) in [4.78, 5) is 11.4. The van der Waals surface area contributed by atoms with Gasteiger partial charge < -0.3 is 4.74 Å². The Morgan fingerprint density at radius 3 is 3.07 bits per heavy atom. The minimum absolute atomic E-state index is 0.0777. The van der Waals surface area contributed by atoms with Gasteiger partial charge in [0, 0.05) is 0 Å². The highest BCUT2D eigenvalue weighted by Crippen LogP contribution is 2.55. The highest BCUT2D eigenvalue weighted by atomic mass is 35.5. The first-order chi connectivity index (χ1) is 6.74. The molecule has 1 fully saturated rings. The molecule has 0 amide bonds. The lowest BCUT2D eigenvalue weighted by Crippen LogP contribution is -2.29. The summed E-state index contributed by atoms with van der Waals surface area (Å²) in [6, 6.07) is 7.84. The van der Waals surface area contributed by atoms with Crippen molar-refractivity contribution in [3.63, 3.8) is 0 Å². The smallest absolute Gasteiger partial charge is 0.258 e.